The van der Waals surface area contributed by atoms with Crippen LogP contribution in [0.5, 0.6) is 0 Å². The first-order valence-corrected chi connectivity index (χ1v) is 9.95. The molecule has 0 aromatic rings. The van der Waals surface area contributed by atoms with Crippen LogP contribution in [0.4, 0.5) is 4.79 Å². The van der Waals surface area contributed by atoms with Gasteiger partial charge in [-0.2, -0.15) is 0 Å². The Kier molecular flexibility index (Phi) is 4.31. The molecule has 0 aromatic heterocycles. The van der Waals surface area contributed by atoms with Gasteiger partial charge in [-0.15, -0.1) is 0 Å². The number of rotatable bonds is 3. The van der Waals surface area contributed by atoms with E-state index in [1.807, 2.05) is 0 Å². The number of urea groups is 1. The third kappa shape index (κ3) is 3.46. The number of carbonyl (C=O) groups excluding carboxylic acids is 2. The molecule has 4 saturated carbocycles. The molecule has 4 bridgehead atoms. The summed E-state index contributed by atoms with van der Waals surface area (Å²) in [6.45, 7) is 4.80. The molecule has 4 aliphatic carbocycles. The van der Waals surface area contributed by atoms with Crippen LogP contribution in [0.2, 0.25) is 0 Å². The third-order valence-corrected chi connectivity index (χ3v) is 7.06. The molecule has 0 unspecified atom stereocenters. The van der Waals surface area contributed by atoms with Gasteiger partial charge in [0.05, 0.1) is 13.1 Å². The Hall–Kier alpha value is -1.10. The normalized spacial score (nSPS) is 43.5. The molecule has 5 aliphatic rings. The van der Waals surface area contributed by atoms with Gasteiger partial charge in [0.15, 0.2) is 6.54 Å². The standard InChI is InChI=1S/C19H31N3O2/c1-13-2-4-22(5-3-13)12-17(23)20-18(24)21-19-9-14-6-15(10-19)8-16(7-14)11-19/h13-16H,2-12H2,1H3,(H2,20,21,23,24)/p+1. The van der Waals surface area contributed by atoms with Gasteiger partial charge in [0, 0.05) is 5.54 Å². The van der Waals surface area contributed by atoms with Crippen molar-refractivity contribution in [3.63, 3.8) is 0 Å². The van der Waals surface area contributed by atoms with Crippen LogP contribution in [0, 0.1) is 23.7 Å². The number of piperidine rings is 1. The number of quaternary nitrogens is 1. The van der Waals surface area contributed by atoms with Crippen molar-refractivity contribution >= 4 is 11.9 Å². The Morgan fingerprint density at radius 1 is 1.00 bits per heavy atom. The zero-order valence-electron chi connectivity index (χ0n) is 14.9. The van der Waals surface area contributed by atoms with E-state index in [1.165, 1.54) is 37.0 Å². The number of likely N-dealkylation sites (tertiary alicyclic amines) is 1. The fourth-order valence-corrected chi connectivity index (χ4v) is 6.28. The SMILES string of the molecule is CC1CC[NH+](CC(=O)NC(=O)NC23CC4CC(CC(C4)C2)C3)CC1. The van der Waals surface area contributed by atoms with Crippen LogP contribution in [0.1, 0.15) is 58.3 Å². The van der Waals surface area contributed by atoms with Crippen LogP contribution in [-0.4, -0.2) is 37.1 Å². The lowest BCUT2D eigenvalue weighted by molar-refractivity contribution is -0.898. The molecule has 0 spiro atoms. The van der Waals surface area contributed by atoms with E-state index in [-0.39, 0.29) is 17.5 Å². The summed E-state index contributed by atoms with van der Waals surface area (Å²) >= 11 is 0. The molecule has 5 heteroatoms. The maximum atomic E-state index is 12.4. The quantitative estimate of drug-likeness (QED) is 0.724. The Morgan fingerprint density at radius 2 is 1.54 bits per heavy atom. The number of nitrogens with one attached hydrogen (secondary N) is 3. The van der Waals surface area contributed by atoms with Crippen LogP contribution in [0.3, 0.4) is 0 Å². The topological polar surface area (TPSA) is 62.6 Å². The Morgan fingerprint density at radius 3 is 2.08 bits per heavy atom. The Bertz CT molecular complexity index is 475. The second kappa shape index (κ2) is 6.32. The largest absolute Gasteiger partial charge is 0.332 e. The monoisotopic (exact) mass is 334 g/mol. The third-order valence-electron chi connectivity index (χ3n) is 7.06. The predicted octanol–water partition coefficient (Wildman–Crippen LogP) is 1.10. The first-order valence-electron chi connectivity index (χ1n) is 9.95. The molecule has 0 radical (unpaired) electrons. The van der Waals surface area contributed by atoms with Crippen LogP contribution in [0.15, 0.2) is 0 Å². The van der Waals surface area contributed by atoms with E-state index < -0.39 is 0 Å². The van der Waals surface area contributed by atoms with Crippen LogP contribution in [0.25, 0.3) is 0 Å². The van der Waals surface area contributed by atoms with Crippen molar-refractivity contribution in [2.45, 2.75) is 63.8 Å². The summed E-state index contributed by atoms with van der Waals surface area (Å²) in [5.41, 5.74) is -0.0213. The van der Waals surface area contributed by atoms with E-state index in [4.69, 9.17) is 0 Å². The Balaban J connectivity index is 1.27. The fourth-order valence-electron chi connectivity index (χ4n) is 6.28. The van der Waals surface area contributed by atoms with Crippen molar-refractivity contribution in [2.24, 2.45) is 23.7 Å². The molecule has 1 saturated heterocycles. The summed E-state index contributed by atoms with van der Waals surface area (Å²) in [5, 5.41) is 5.82. The Labute approximate surface area is 144 Å². The molecule has 0 aromatic carbocycles. The number of amides is 3. The number of imide groups is 1. The van der Waals surface area contributed by atoms with Gasteiger partial charge in [0.1, 0.15) is 0 Å². The lowest BCUT2D eigenvalue weighted by Gasteiger charge is -2.56. The van der Waals surface area contributed by atoms with E-state index in [9.17, 15) is 9.59 Å². The molecule has 5 nitrogen and oxygen atoms in total. The van der Waals surface area contributed by atoms with Crippen LogP contribution in [-0.2, 0) is 4.79 Å². The number of hydrogen-bond acceptors (Lipinski definition) is 2. The number of hydrogen-bond donors (Lipinski definition) is 3. The lowest BCUT2D eigenvalue weighted by atomic mass is 9.53. The summed E-state index contributed by atoms with van der Waals surface area (Å²) in [6.07, 6.45) is 9.81. The highest BCUT2D eigenvalue weighted by Gasteiger charge is 2.51. The minimum Gasteiger partial charge on any atom is -0.332 e. The maximum Gasteiger partial charge on any atom is 0.322 e. The van der Waals surface area contributed by atoms with Crippen molar-refractivity contribution in [3.05, 3.63) is 0 Å². The van der Waals surface area contributed by atoms with E-state index in [0.29, 0.717) is 6.54 Å². The average Bonchev–Trinajstić information content (AvgIpc) is 2.47. The molecular weight excluding hydrogens is 302 g/mol. The molecule has 24 heavy (non-hydrogen) atoms. The zero-order chi connectivity index (χ0) is 16.7. The maximum absolute atomic E-state index is 12.4. The van der Waals surface area contributed by atoms with Crippen molar-refractivity contribution in [2.75, 3.05) is 19.6 Å². The van der Waals surface area contributed by atoms with Crippen molar-refractivity contribution in [1.82, 2.24) is 10.6 Å². The molecule has 1 heterocycles. The van der Waals surface area contributed by atoms with Gasteiger partial charge < -0.3 is 10.2 Å². The summed E-state index contributed by atoms with van der Waals surface area (Å²) in [6, 6.07) is -0.258. The van der Waals surface area contributed by atoms with Gasteiger partial charge in [-0.05, 0) is 75.0 Å². The number of carbonyl (C=O) groups is 2. The lowest BCUT2D eigenvalue weighted by Crippen LogP contribution is -3.14. The van der Waals surface area contributed by atoms with E-state index >= 15 is 0 Å². The van der Waals surface area contributed by atoms with Gasteiger partial charge in [0.25, 0.3) is 5.91 Å². The summed E-state index contributed by atoms with van der Waals surface area (Å²) in [4.78, 5) is 25.9. The van der Waals surface area contributed by atoms with Gasteiger partial charge in [-0.1, -0.05) is 6.92 Å². The highest BCUT2D eigenvalue weighted by atomic mass is 16.2. The van der Waals surface area contributed by atoms with Crippen LogP contribution >= 0.6 is 0 Å². The summed E-state index contributed by atoms with van der Waals surface area (Å²) in [7, 11) is 0. The van der Waals surface area contributed by atoms with Gasteiger partial charge >= 0.3 is 6.03 Å². The minimum absolute atomic E-state index is 0.0213. The van der Waals surface area contributed by atoms with Crippen molar-refractivity contribution < 1.29 is 14.5 Å². The van der Waals surface area contributed by atoms with E-state index in [0.717, 1.165) is 56.0 Å². The highest BCUT2D eigenvalue weighted by Crippen LogP contribution is 2.55. The molecule has 0 atom stereocenters. The first kappa shape index (κ1) is 16.4. The van der Waals surface area contributed by atoms with Gasteiger partial charge in [0.2, 0.25) is 0 Å². The molecule has 3 N–H and O–H groups in total. The highest BCUT2D eigenvalue weighted by molar-refractivity contribution is 5.95. The molecule has 5 rings (SSSR count). The molecule has 1 aliphatic heterocycles. The van der Waals surface area contributed by atoms with Crippen LogP contribution < -0.4 is 15.5 Å². The zero-order valence-corrected chi connectivity index (χ0v) is 14.9. The predicted molar refractivity (Wildman–Crippen MR) is 91.5 cm³/mol. The minimum atomic E-state index is -0.258. The first-order chi connectivity index (χ1) is 11.5. The summed E-state index contributed by atoms with van der Waals surface area (Å²) in [5.74, 6) is 3.05. The van der Waals surface area contributed by atoms with E-state index in [2.05, 4.69) is 17.6 Å². The second-order valence-corrected chi connectivity index (χ2v) is 9.31. The smallest absolute Gasteiger partial charge is 0.322 e. The second-order valence-electron chi connectivity index (χ2n) is 9.31. The summed E-state index contributed by atoms with van der Waals surface area (Å²) < 4.78 is 0. The fraction of sp³-hybridized carbons (Fsp3) is 0.895. The van der Waals surface area contributed by atoms with Gasteiger partial charge in [-0.3, -0.25) is 10.1 Å². The van der Waals surface area contributed by atoms with Gasteiger partial charge in [-0.25, -0.2) is 4.79 Å². The van der Waals surface area contributed by atoms with Crippen molar-refractivity contribution in [3.8, 4) is 0 Å². The average molecular weight is 334 g/mol. The molecule has 134 valence electrons. The van der Waals surface area contributed by atoms with Crippen molar-refractivity contribution in [1.29, 1.82) is 0 Å². The molecule has 5 fully saturated rings. The van der Waals surface area contributed by atoms with E-state index in [1.54, 1.807) is 0 Å². The molecule has 3 amide bonds. The molecular formula is C19H32N3O2+.